The third-order valence-electron chi connectivity index (χ3n) is 0.213. The SMILES string of the molecule is CC(Cl)CCl.CNC. The van der Waals surface area contributed by atoms with E-state index in [0.29, 0.717) is 5.88 Å². The van der Waals surface area contributed by atoms with Crippen molar-refractivity contribution in [2.45, 2.75) is 12.3 Å². The van der Waals surface area contributed by atoms with E-state index in [9.17, 15) is 0 Å². The summed E-state index contributed by atoms with van der Waals surface area (Å²) in [5, 5.41) is 2.87. The lowest BCUT2D eigenvalue weighted by molar-refractivity contribution is 1.02. The van der Waals surface area contributed by atoms with Crippen molar-refractivity contribution < 1.29 is 0 Å². The van der Waals surface area contributed by atoms with Gasteiger partial charge in [-0.05, 0) is 21.0 Å². The van der Waals surface area contributed by atoms with Gasteiger partial charge in [0.25, 0.3) is 0 Å². The number of halogens is 2. The van der Waals surface area contributed by atoms with E-state index in [-0.39, 0.29) is 5.38 Å². The summed E-state index contributed by atoms with van der Waals surface area (Å²) >= 11 is 10.5. The first-order valence-corrected chi connectivity index (χ1v) is 3.44. The zero-order valence-corrected chi connectivity index (χ0v) is 7.05. The van der Waals surface area contributed by atoms with Gasteiger partial charge in [-0.1, -0.05) is 0 Å². The summed E-state index contributed by atoms with van der Waals surface area (Å²) in [4.78, 5) is 0. The predicted octanol–water partition coefficient (Wildman–Crippen LogP) is 1.69. The van der Waals surface area contributed by atoms with E-state index in [2.05, 4.69) is 5.32 Å². The largest absolute Gasteiger partial charge is 0.323 e. The minimum atomic E-state index is 0.122. The molecule has 8 heavy (non-hydrogen) atoms. The number of alkyl halides is 2. The Labute approximate surface area is 61.4 Å². The molecule has 0 aliphatic rings. The van der Waals surface area contributed by atoms with Gasteiger partial charge in [0.2, 0.25) is 0 Å². The molecule has 0 amide bonds. The Balaban J connectivity index is 0. The van der Waals surface area contributed by atoms with E-state index in [0.717, 1.165) is 0 Å². The molecule has 3 heteroatoms. The van der Waals surface area contributed by atoms with Crippen LogP contribution in [0.25, 0.3) is 0 Å². The Bertz CT molecular complexity index is 31.6. The topological polar surface area (TPSA) is 12.0 Å². The summed E-state index contributed by atoms with van der Waals surface area (Å²) in [6, 6.07) is 0. The van der Waals surface area contributed by atoms with Crippen LogP contribution in [0.15, 0.2) is 0 Å². The summed E-state index contributed by atoms with van der Waals surface area (Å²) in [5.74, 6) is 0.543. The van der Waals surface area contributed by atoms with Gasteiger partial charge in [-0.15, -0.1) is 23.2 Å². The van der Waals surface area contributed by atoms with Crippen LogP contribution in [-0.4, -0.2) is 25.4 Å². The van der Waals surface area contributed by atoms with E-state index in [1.165, 1.54) is 0 Å². The number of rotatable bonds is 1. The van der Waals surface area contributed by atoms with Gasteiger partial charge in [-0.2, -0.15) is 0 Å². The second-order valence-electron chi connectivity index (χ2n) is 1.44. The zero-order chi connectivity index (χ0) is 6.99. The fourth-order valence-corrected chi connectivity index (χ4v) is 0. The molecular weight excluding hydrogens is 145 g/mol. The van der Waals surface area contributed by atoms with Crippen LogP contribution in [0.3, 0.4) is 0 Å². The van der Waals surface area contributed by atoms with Crippen LogP contribution >= 0.6 is 23.2 Å². The van der Waals surface area contributed by atoms with E-state index in [1.807, 2.05) is 21.0 Å². The third-order valence-corrected chi connectivity index (χ3v) is 0.988. The molecule has 0 radical (unpaired) electrons. The van der Waals surface area contributed by atoms with Crippen molar-refractivity contribution in [1.82, 2.24) is 5.32 Å². The van der Waals surface area contributed by atoms with Crippen LogP contribution in [-0.2, 0) is 0 Å². The van der Waals surface area contributed by atoms with Crippen LogP contribution in [0.2, 0.25) is 0 Å². The maximum absolute atomic E-state index is 5.33. The Morgan fingerprint density at radius 1 is 1.50 bits per heavy atom. The average molecular weight is 158 g/mol. The van der Waals surface area contributed by atoms with Crippen molar-refractivity contribution in [2.24, 2.45) is 0 Å². The molecule has 0 fully saturated rings. The first kappa shape index (κ1) is 11.4. The molecule has 0 aromatic heterocycles. The number of hydrogen-bond acceptors (Lipinski definition) is 1. The van der Waals surface area contributed by atoms with Crippen molar-refractivity contribution in [3.63, 3.8) is 0 Å². The second kappa shape index (κ2) is 10.5. The Hall–Kier alpha value is 0.540. The van der Waals surface area contributed by atoms with Crippen LogP contribution in [0.5, 0.6) is 0 Å². The molecule has 0 saturated heterocycles. The highest BCUT2D eigenvalue weighted by Crippen LogP contribution is 1.93. The van der Waals surface area contributed by atoms with Gasteiger partial charge in [0.15, 0.2) is 0 Å². The normalized spacial score (nSPS) is 11.6. The highest BCUT2D eigenvalue weighted by atomic mass is 35.5. The Morgan fingerprint density at radius 3 is 1.62 bits per heavy atom. The second-order valence-corrected chi connectivity index (χ2v) is 2.49. The van der Waals surface area contributed by atoms with Gasteiger partial charge in [0.1, 0.15) is 0 Å². The lowest BCUT2D eigenvalue weighted by Gasteiger charge is -1.85. The van der Waals surface area contributed by atoms with Crippen LogP contribution < -0.4 is 5.32 Å². The molecule has 0 spiro atoms. The van der Waals surface area contributed by atoms with Gasteiger partial charge in [0, 0.05) is 11.3 Å². The molecule has 1 atom stereocenters. The lowest BCUT2D eigenvalue weighted by Crippen LogP contribution is -1.89. The maximum atomic E-state index is 5.33. The van der Waals surface area contributed by atoms with Crippen molar-refractivity contribution in [3.8, 4) is 0 Å². The number of hydrogen-bond donors (Lipinski definition) is 1. The minimum absolute atomic E-state index is 0.122. The van der Waals surface area contributed by atoms with Crippen LogP contribution in [0.1, 0.15) is 6.92 Å². The van der Waals surface area contributed by atoms with E-state index in [1.54, 1.807) is 0 Å². The molecule has 0 heterocycles. The minimum Gasteiger partial charge on any atom is -0.323 e. The van der Waals surface area contributed by atoms with Gasteiger partial charge < -0.3 is 5.32 Å². The van der Waals surface area contributed by atoms with Crippen LogP contribution in [0, 0.1) is 0 Å². The fraction of sp³-hybridized carbons (Fsp3) is 1.00. The standard InChI is InChI=1S/C3H6Cl2.C2H7N/c1-3(5)2-4;1-3-2/h3H,2H2,1H3;3H,1-2H3. The van der Waals surface area contributed by atoms with E-state index < -0.39 is 0 Å². The highest BCUT2D eigenvalue weighted by Gasteiger charge is 1.85. The molecule has 0 bridgehead atoms. The Morgan fingerprint density at radius 2 is 1.62 bits per heavy atom. The van der Waals surface area contributed by atoms with Gasteiger partial charge in [0.05, 0.1) is 0 Å². The molecule has 1 N–H and O–H groups in total. The van der Waals surface area contributed by atoms with Crippen molar-refractivity contribution in [2.75, 3.05) is 20.0 Å². The molecule has 0 aliphatic carbocycles. The molecule has 52 valence electrons. The number of nitrogens with one attached hydrogen (secondary N) is 1. The van der Waals surface area contributed by atoms with Crippen molar-refractivity contribution in [3.05, 3.63) is 0 Å². The zero-order valence-electron chi connectivity index (χ0n) is 5.54. The molecule has 0 aromatic carbocycles. The van der Waals surface area contributed by atoms with E-state index >= 15 is 0 Å². The maximum Gasteiger partial charge on any atom is 0.0443 e. The average Bonchev–Trinajstić information content (AvgIpc) is 1.69. The lowest BCUT2D eigenvalue weighted by atomic mass is 10.6. The Kier molecular flexibility index (Phi) is 14.9. The fourth-order valence-electron chi connectivity index (χ4n) is 0. The molecular formula is C5H13Cl2N. The van der Waals surface area contributed by atoms with E-state index in [4.69, 9.17) is 23.2 Å². The van der Waals surface area contributed by atoms with Crippen molar-refractivity contribution >= 4 is 23.2 Å². The van der Waals surface area contributed by atoms with Gasteiger partial charge in [-0.3, -0.25) is 0 Å². The predicted molar refractivity (Wildman–Crippen MR) is 41.0 cm³/mol. The summed E-state index contributed by atoms with van der Waals surface area (Å²) in [6.07, 6.45) is 0. The monoisotopic (exact) mass is 157 g/mol. The summed E-state index contributed by atoms with van der Waals surface area (Å²) in [7, 11) is 3.75. The molecule has 0 rings (SSSR count). The summed E-state index contributed by atoms with van der Waals surface area (Å²) in [6.45, 7) is 1.86. The molecule has 1 unspecified atom stereocenters. The third kappa shape index (κ3) is 31.1. The molecule has 1 nitrogen and oxygen atoms in total. The summed E-state index contributed by atoms with van der Waals surface area (Å²) < 4.78 is 0. The first-order chi connectivity index (χ1) is 3.68. The quantitative estimate of drug-likeness (QED) is 0.572. The van der Waals surface area contributed by atoms with Crippen LogP contribution in [0.4, 0.5) is 0 Å². The highest BCUT2D eigenvalue weighted by molar-refractivity contribution is 6.27. The smallest absolute Gasteiger partial charge is 0.0443 e. The van der Waals surface area contributed by atoms with Gasteiger partial charge >= 0.3 is 0 Å². The first-order valence-electron chi connectivity index (χ1n) is 2.47. The van der Waals surface area contributed by atoms with Crippen molar-refractivity contribution in [1.29, 1.82) is 0 Å². The van der Waals surface area contributed by atoms with Gasteiger partial charge in [-0.25, -0.2) is 0 Å². The molecule has 0 aromatic rings. The summed E-state index contributed by atoms with van der Waals surface area (Å²) in [5.41, 5.74) is 0. The molecule has 0 saturated carbocycles. The molecule has 0 aliphatic heterocycles.